The number of benzene rings is 1. The molecule has 0 bridgehead atoms. The van der Waals surface area contributed by atoms with Crippen molar-refractivity contribution in [2.45, 2.75) is 38.8 Å². The molecule has 2 rings (SSSR count). The Kier molecular flexibility index (Phi) is 3.54. The lowest BCUT2D eigenvalue weighted by molar-refractivity contribution is 0.477. The second-order valence-electron chi connectivity index (χ2n) is 4.70. The van der Waals surface area contributed by atoms with Gasteiger partial charge in [0.2, 0.25) is 0 Å². The zero-order valence-electron chi connectivity index (χ0n) is 9.47. The molecule has 0 spiro atoms. The van der Waals surface area contributed by atoms with E-state index < -0.39 is 11.6 Å². The first kappa shape index (κ1) is 11.5. The molecule has 1 nitrogen and oxygen atoms in total. The van der Waals surface area contributed by atoms with Gasteiger partial charge in [0.05, 0.1) is 0 Å². The first-order chi connectivity index (χ1) is 7.65. The third-order valence-corrected chi connectivity index (χ3v) is 3.04. The van der Waals surface area contributed by atoms with Gasteiger partial charge < -0.3 is 5.32 Å². The molecule has 0 amide bonds. The number of halogens is 2. The van der Waals surface area contributed by atoms with Crippen LogP contribution in [-0.2, 0) is 6.54 Å². The topological polar surface area (TPSA) is 12.0 Å². The Labute approximate surface area is 94.9 Å². The van der Waals surface area contributed by atoms with Crippen LogP contribution in [0.1, 0.15) is 31.7 Å². The summed E-state index contributed by atoms with van der Waals surface area (Å²) in [5.41, 5.74) is 0.532. The van der Waals surface area contributed by atoms with Crippen LogP contribution in [0.4, 0.5) is 8.78 Å². The van der Waals surface area contributed by atoms with E-state index in [1.165, 1.54) is 25.0 Å². The van der Waals surface area contributed by atoms with Crippen molar-refractivity contribution in [2.75, 3.05) is 0 Å². The summed E-state index contributed by atoms with van der Waals surface area (Å²) in [7, 11) is 0. The first-order valence-corrected chi connectivity index (χ1v) is 5.82. The summed E-state index contributed by atoms with van der Waals surface area (Å²) in [6, 6.07) is 4.13. The number of hydrogen-bond donors (Lipinski definition) is 1. The highest BCUT2D eigenvalue weighted by molar-refractivity contribution is 5.18. The van der Waals surface area contributed by atoms with Gasteiger partial charge in [-0.2, -0.15) is 0 Å². The Balaban J connectivity index is 1.83. The molecule has 1 aromatic rings. The maximum atomic E-state index is 13.3. The molecule has 1 fully saturated rings. The van der Waals surface area contributed by atoms with Gasteiger partial charge in [-0.05, 0) is 25.3 Å². The molecule has 1 unspecified atom stereocenters. The van der Waals surface area contributed by atoms with Crippen molar-refractivity contribution in [3.05, 3.63) is 35.4 Å². The smallest absolute Gasteiger partial charge is 0.130 e. The molecule has 0 radical (unpaired) electrons. The molecule has 1 aromatic carbocycles. The van der Waals surface area contributed by atoms with Gasteiger partial charge >= 0.3 is 0 Å². The van der Waals surface area contributed by atoms with Gasteiger partial charge in [0, 0.05) is 24.2 Å². The third-order valence-electron chi connectivity index (χ3n) is 3.04. The quantitative estimate of drug-likeness (QED) is 0.811. The fourth-order valence-corrected chi connectivity index (χ4v) is 1.89. The number of hydrogen-bond acceptors (Lipinski definition) is 1. The fraction of sp³-hybridized carbons (Fsp3) is 0.538. The average Bonchev–Trinajstić information content (AvgIpc) is 3.00. The number of nitrogens with one attached hydrogen (secondary N) is 1. The van der Waals surface area contributed by atoms with Crippen molar-refractivity contribution in [3.8, 4) is 0 Å². The van der Waals surface area contributed by atoms with E-state index in [4.69, 9.17) is 0 Å². The molecule has 1 aliphatic rings. The van der Waals surface area contributed by atoms with E-state index >= 15 is 0 Å². The van der Waals surface area contributed by atoms with Crippen molar-refractivity contribution >= 4 is 0 Å². The minimum Gasteiger partial charge on any atom is -0.310 e. The fourth-order valence-electron chi connectivity index (χ4n) is 1.89. The molecule has 0 heterocycles. The van der Waals surface area contributed by atoms with E-state index in [1.807, 2.05) is 0 Å². The normalized spacial score (nSPS) is 17.4. The van der Waals surface area contributed by atoms with E-state index in [0.29, 0.717) is 18.2 Å². The summed E-state index contributed by atoms with van der Waals surface area (Å²) in [5.74, 6) is -0.126. The van der Waals surface area contributed by atoms with Crippen molar-refractivity contribution in [2.24, 2.45) is 5.92 Å². The van der Waals surface area contributed by atoms with Crippen molar-refractivity contribution in [1.82, 2.24) is 5.32 Å². The molecule has 1 atom stereocenters. The summed E-state index contributed by atoms with van der Waals surface area (Å²) < 4.78 is 26.0. The lowest BCUT2D eigenvalue weighted by Crippen LogP contribution is -2.26. The van der Waals surface area contributed by atoms with Crippen molar-refractivity contribution < 1.29 is 8.78 Å². The van der Waals surface area contributed by atoms with Crippen LogP contribution in [0.25, 0.3) is 0 Å². The van der Waals surface area contributed by atoms with Crippen LogP contribution in [0.5, 0.6) is 0 Å². The standard InChI is InChI=1S/C13H17F2N/c1-9(6-10-2-3-10)16-8-11-4-5-12(14)7-13(11)15/h4-5,7,9-10,16H,2-3,6,8H2,1H3. The maximum Gasteiger partial charge on any atom is 0.130 e. The van der Waals surface area contributed by atoms with Crippen LogP contribution in [-0.4, -0.2) is 6.04 Å². The second kappa shape index (κ2) is 4.91. The van der Waals surface area contributed by atoms with Crippen LogP contribution in [0.3, 0.4) is 0 Å². The molecule has 0 aliphatic heterocycles. The summed E-state index contributed by atoms with van der Waals surface area (Å²) in [6.07, 6.45) is 3.82. The van der Waals surface area contributed by atoms with E-state index in [0.717, 1.165) is 18.4 Å². The highest BCUT2D eigenvalue weighted by atomic mass is 19.1. The van der Waals surface area contributed by atoms with Gasteiger partial charge in [-0.3, -0.25) is 0 Å². The molecule has 0 aromatic heterocycles. The molecule has 0 saturated heterocycles. The highest BCUT2D eigenvalue weighted by Gasteiger charge is 2.23. The van der Waals surface area contributed by atoms with Crippen LogP contribution in [0.2, 0.25) is 0 Å². The van der Waals surface area contributed by atoms with Crippen molar-refractivity contribution in [3.63, 3.8) is 0 Å². The predicted molar refractivity (Wildman–Crippen MR) is 60.0 cm³/mol. The third kappa shape index (κ3) is 3.27. The molecule has 88 valence electrons. The SMILES string of the molecule is CC(CC1CC1)NCc1ccc(F)cc1F. The van der Waals surface area contributed by atoms with Gasteiger partial charge in [0.15, 0.2) is 0 Å². The maximum absolute atomic E-state index is 13.3. The molecule has 3 heteroatoms. The molecule has 16 heavy (non-hydrogen) atoms. The second-order valence-corrected chi connectivity index (χ2v) is 4.70. The summed E-state index contributed by atoms with van der Waals surface area (Å²) in [4.78, 5) is 0. The molecular weight excluding hydrogens is 208 g/mol. The average molecular weight is 225 g/mol. The molecule has 1 N–H and O–H groups in total. The van der Waals surface area contributed by atoms with E-state index in [9.17, 15) is 8.78 Å². The van der Waals surface area contributed by atoms with Gasteiger partial charge in [0.1, 0.15) is 11.6 Å². The van der Waals surface area contributed by atoms with Gasteiger partial charge in [-0.25, -0.2) is 8.78 Å². The van der Waals surface area contributed by atoms with E-state index in [1.54, 1.807) is 0 Å². The first-order valence-electron chi connectivity index (χ1n) is 5.82. The Morgan fingerprint density at radius 1 is 1.38 bits per heavy atom. The monoisotopic (exact) mass is 225 g/mol. The largest absolute Gasteiger partial charge is 0.310 e. The summed E-state index contributed by atoms with van der Waals surface area (Å²) in [5, 5.41) is 3.27. The van der Waals surface area contributed by atoms with Crippen LogP contribution < -0.4 is 5.32 Å². The zero-order chi connectivity index (χ0) is 11.5. The minimum absolute atomic E-state index is 0.400. The van der Waals surface area contributed by atoms with E-state index in [-0.39, 0.29) is 0 Å². The highest BCUT2D eigenvalue weighted by Crippen LogP contribution is 2.33. The zero-order valence-corrected chi connectivity index (χ0v) is 9.47. The molecule has 1 aliphatic carbocycles. The summed E-state index contributed by atoms with van der Waals surface area (Å²) in [6.45, 7) is 2.58. The van der Waals surface area contributed by atoms with Crippen LogP contribution >= 0.6 is 0 Å². The van der Waals surface area contributed by atoms with E-state index in [2.05, 4.69) is 12.2 Å². The lowest BCUT2D eigenvalue weighted by atomic mass is 10.1. The Morgan fingerprint density at radius 3 is 2.75 bits per heavy atom. The Morgan fingerprint density at radius 2 is 2.12 bits per heavy atom. The molecular formula is C13H17F2N. The van der Waals surface area contributed by atoms with Gasteiger partial charge in [-0.1, -0.05) is 18.9 Å². The van der Waals surface area contributed by atoms with Gasteiger partial charge in [0.25, 0.3) is 0 Å². The summed E-state index contributed by atoms with van der Waals surface area (Å²) >= 11 is 0. The van der Waals surface area contributed by atoms with Crippen molar-refractivity contribution in [1.29, 1.82) is 0 Å². The van der Waals surface area contributed by atoms with Crippen LogP contribution in [0.15, 0.2) is 18.2 Å². The van der Waals surface area contributed by atoms with Gasteiger partial charge in [-0.15, -0.1) is 0 Å². The predicted octanol–water partition coefficient (Wildman–Crippen LogP) is 3.24. The minimum atomic E-state index is -0.521. The Bertz CT molecular complexity index is 361. The lowest BCUT2D eigenvalue weighted by Gasteiger charge is -2.13. The Hall–Kier alpha value is -0.960. The molecule has 1 saturated carbocycles. The number of rotatable bonds is 5. The van der Waals surface area contributed by atoms with Crippen LogP contribution in [0, 0.1) is 17.6 Å².